The minimum atomic E-state index is -0.308. The number of nitrogens with two attached hydrogens (primary N) is 1. The van der Waals surface area contributed by atoms with Gasteiger partial charge in [0.15, 0.2) is 0 Å². The van der Waals surface area contributed by atoms with Crippen molar-refractivity contribution in [2.45, 2.75) is 13.8 Å². The van der Waals surface area contributed by atoms with Crippen molar-refractivity contribution < 1.29 is 4.79 Å². The molecule has 5 heteroatoms. The summed E-state index contributed by atoms with van der Waals surface area (Å²) in [5.41, 5.74) is 9.96. The van der Waals surface area contributed by atoms with Crippen LogP contribution in [0, 0.1) is 13.8 Å². The minimum Gasteiger partial charge on any atom is -0.398 e. The van der Waals surface area contributed by atoms with Crippen LogP contribution in [0.1, 0.15) is 11.1 Å². The number of urea groups is 1. The van der Waals surface area contributed by atoms with E-state index in [-0.39, 0.29) is 6.03 Å². The Morgan fingerprint density at radius 2 is 1.75 bits per heavy atom. The van der Waals surface area contributed by atoms with E-state index in [9.17, 15) is 4.79 Å². The molecule has 0 radical (unpaired) electrons. The van der Waals surface area contributed by atoms with Crippen molar-refractivity contribution in [3.8, 4) is 0 Å². The lowest BCUT2D eigenvalue weighted by molar-refractivity contribution is 0.262. The number of halogens is 1. The second-order valence-electron chi connectivity index (χ2n) is 4.63. The third-order valence-electron chi connectivity index (χ3n) is 2.91. The Hall–Kier alpha value is -2.01. The topological polar surface area (TPSA) is 67.2 Å². The van der Waals surface area contributed by atoms with E-state index >= 15 is 0 Å². The van der Waals surface area contributed by atoms with Crippen LogP contribution in [0.5, 0.6) is 0 Å². The number of aryl methyl sites for hydroxylation is 2. The first kappa shape index (κ1) is 14.4. The molecule has 0 aromatic heterocycles. The second-order valence-corrected chi connectivity index (χ2v) is 5.49. The van der Waals surface area contributed by atoms with Crippen molar-refractivity contribution >= 4 is 39.0 Å². The van der Waals surface area contributed by atoms with Crippen molar-refractivity contribution in [2.75, 3.05) is 16.4 Å². The second kappa shape index (κ2) is 5.96. The van der Waals surface area contributed by atoms with Gasteiger partial charge >= 0.3 is 6.03 Å². The summed E-state index contributed by atoms with van der Waals surface area (Å²) in [7, 11) is 0. The average Bonchev–Trinajstić information content (AvgIpc) is 2.39. The first-order chi connectivity index (χ1) is 9.45. The van der Waals surface area contributed by atoms with E-state index in [1.165, 1.54) is 0 Å². The number of hydrogen-bond donors (Lipinski definition) is 3. The Balaban J connectivity index is 2.08. The first-order valence-corrected chi connectivity index (χ1v) is 6.95. The molecule has 4 N–H and O–H groups in total. The monoisotopic (exact) mass is 333 g/mol. The van der Waals surface area contributed by atoms with E-state index in [2.05, 4.69) is 26.6 Å². The molecule has 4 nitrogen and oxygen atoms in total. The fourth-order valence-electron chi connectivity index (χ4n) is 1.71. The van der Waals surface area contributed by atoms with Gasteiger partial charge in [-0.25, -0.2) is 4.79 Å². The number of benzene rings is 2. The third-order valence-corrected chi connectivity index (χ3v) is 3.57. The van der Waals surface area contributed by atoms with Crippen LogP contribution in [0.3, 0.4) is 0 Å². The summed E-state index contributed by atoms with van der Waals surface area (Å²) in [4.78, 5) is 11.9. The van der Waals surface area contributed by atoms with Gasteiger partial charge in [-0.1, -0.05) is 17.7 Å². The summed E-state index contributed by atoms with van der Waals surface area (Å²) in [5.74, 6) is 0. The maximum absolute atomic E-state index is 11.9. The van der Waals surface area contributed by atoms with E-state index in [1.54, 1.807) is 6.07 Å². The van der Waals surface area contributed by atoms with E-state index < -0.39 is 0 Å². The summed E-state index contributed by atoms with van der Waals surface area (Å²) in [6.07, 6.45) is 0. The van der Waals surface area contributed by atoms with Crippen molar-refractivity contribution in [3.63, 3.8) is 0 Å². The van der Waals surface area contributed by atoms with Gasteiger partial charge in [-0.15, -0.1) is 0 Å². The number of amides is 2. The number of anilines is 3. The molecule has 20 heavy (non-hydrogen) atoms. The molecule has 0 heterocycles. The van der Waals surface area contributed by atoms with Crippen LogP contribution in [0.2, 0.25) is 0 Å². The molecule has 2 aromatic carbocycles. The number of rotatable bonds is 2. The van der Waals surface area contributed by atoms with Crippen LogP contribution >= 0.6 is 15.9 Å². The largest absolute Gasteiger partial charge is 0.398 e. The highest BCUT2D eigenvalue weighted by Crippen LogP contribution is 2.27. The van der Waals surface area contributed by atoms with Gasteiger partial charge in [-0.05, 0) is 59.6 Å². The standard InChI is InChI=1S/C15H16BrN3O/c1-9-3-5-11(6-4-9)18-15(20)19-14-8-13(17)10(2)7-12(14)16/h3-8H,17H2,1-2H3,(H2,18,19,20). The van der Waals surface area contributed by atoms with Crippen LogP contribution in [0.4, 0.5) is 21.9 Å². The smallest absolute Gasteiger partial charge is 0.323 e. The Labute approximate surface area is 126 Å². The van der Waals surface area contributed by atoms with E-state index in [0.29, 0.717) is 11.4 Å². The third kappa shape index (κ3) is 3.51. The normalized spacial score (nSPS) is 10.2. The van der Waals surface area contributed by atoms with Crippen LogP contribution in [-0.4, -0.2) is 6.03 Å². The number of carbonyl (C=O) groups is 1. The molecule has 0 saturated carbocycles. The van der Waals surface area contributed by atoms with Crippen LogP contribution in [-0.2, 0) is 0 Å². The van der Waals surface area contributed by atoms with Gasteiger partial charge in [0.2, 0.25) is 0 Å². The van der Waals surface area contributed by atoms with Gasteiger partial charge in [-0.2, -0.15) is 0 Å². The predicted octanol–water partition coefficient (Wildman–Crippen LogP) is 4.29. The Morgan fingerprint density at radius 1 is 1.10 bits per heavy atom. The fourth-order valence-corrected chi connectivity index (χ4v) is 2.26. The molecule has 0 saturated heterocycles. The minimum absolute atomic E-state index is 0.308. The highest BCUT2D eigenvalue weighted by atomic mass is 79.9. The van der Waals surface area contributed by atoms with Gasteiger partial charge in [0.25, 0.3) is 0 Å². The molecule has 2 rings (SSSR count). The number of nitrogens with one attached hydrogen (secondary N) is 2. The molecule has 0 aliphatic rings. The molecule has 0 aliphatic carbocycles. The van der Waals surface area contributed by atoms with Gasteiger partial charge in [0.1, 0.15) is 0 Å². The molecule has 0 bridgehead atoms. The van der Waals surface area contributed by atoms with Crippen LogP contribution in [0.15, 0.2) is 40.9 Å². The van der Waals surface area contributed by atoms with E-state index in [0.717, 1.165) is 21.3 Å². The highest BCUT2D eigenvalue weighted by molar-refractivity contribution is 9.10. The average molecular weight is 334 g/mol. The zero-order valence-corrected chi connectivity index (χ0v) is 12.9. The zero-order valence-electron chi connectivity index (χ0n) is 11.3. The molecule has 104 valence electrons. The zero-order chi connectivity index (χ0) is 14.7. The lowest BCUT2D eigenvalue weighted by Gasteiger charge is -2.11. The summed E-state index contributed by atoms with van der Waals surface area (Å²) in [5, 5.41) is 5.53. The summed E-state index contributed by atoms with van der Waals surface area (Å²) >= 11 is 3.41. The molecule has 0 unspecified atom stereocenters. The van der Waals surface area contributed by atoms with Gasteiger partial charge < -0.3 is 16.4 Å². The molecule has 0 atom stereocenters. The number of carbonyl (C=O) groups excluding carboxylic acids is 1. The highest BCUT2D eigenvalue weighted by Gasteiger charge is 2.08. The summed E-state index contributed by atoms with van der Waals surface area (Å²) in [6.45, 7) is 3.91. The maximum atomic E-state index is 11.9. The Bertz CT molecular complexity index is 638. The Kier molecular flexibility index (Phi) is 4.29. The molecule has 0 aliphatic heterocycles. The van der Waals surface area contributed by atoms with E-state index in [1.807, 2.05) is 44.2 Å². The Morgan fingerprint density at radius 3 is 2.40 bits per heavy atom. The SMILES string of the molecule is Cc1ccc(NC(=O)Nc2cc(N)c(C)cc2Br)cc1. The lowest BCUT2D eigenvalue weighted by Crippen LogP contribution is -2.19. The maximum Gasteiger partial charge on any atom is 0.323 e. The van der Waals surface area contributed by atoms with E-state index in [4.69, 9.17) is 5.73 Å². The van der Waals surface area contributed by atoms with Crippen molar-refractivity contribution in [1.82, 2.24) is 0 Å². The number of nitrogen functional groups attached to an aromatic ring is 1. The quantitative estimate of drug-likeness (QED) is 0.717. The summed E-state index contributed by atoms with van der Waals surface area (Å²) in [6, 6.07) is 10.9. The van der Waals surface area contributed by atoms with Crippen molar-refractivity contribution in [2.24, 2.45) is 0 Å². The molecular formula is C15H16BrN3O. The molecular weight excluding hydrogens is 318 g/mol. The summed E-state index contributed by atoms with van der Waals surface area (Å²) < 4.78 is 0.795. The lowest BCUT2D eigenvalue weighted by atomic mass is 10.2. The molecule has 2 amide bonds. The van der Waals surface area contributed by atoms with Gasteiger partial charge in [0, 0.05) is 15.8 Å². The number of hydrogen-bond acceptors (Lipinski definition) is 2. The molecule has 0 fully saturated rings. The molecule has 2 aromatic rings. The van der Waals surface area contributed by atoms with Crippen LogP contribution < -0.4 is 16.4 Å². The fraction of sp³-hybridized carbons (Fsp3) is 0.133. The van der Waals surface area contributed by atoms with Gasteiger partial charge in [0.05, 0.1) is 5.69 Å². The van der Waals surface area contributed by atoms with Crippen molar-refractivity contribution in [1.29, 1.82) is 0 Å². The van der Waals surface area contributed by atoms with Crippen LogP contribution in [0.25, 0.3) is 0 Å². The molecule has 0 spiro atoms. The van der Waals surface area contributed by atoms with Crippen molar-refractivity contribution in [3.05, 3.63) is 52.0 Å². The first-order valence-electron chi connectivity index (χ1n) is 6.16. The van der Waals surface area contributed by atoms with Gasteiger partial charge in [-0.3, -0.25) is 0 Å². The predicted molar refractivity (Wildman–Crippen MR) is 87.1 cm³/mol.